The molecule has 2 aromatic carbocycles. The summed E-state index contributed by atoms with van der Waals surface area (Å²) in [5, 5.41) is 1.11. The van der Waals surface area contributed by atoms with Crippen LogP contribution in [0.2, 0.25) is 0 Å². The van der Waals surface area contributed by atoms with Gasteiger partial charge in [0, 0.05) is 15.9 Å². The van der Waals surface area contributed by atoms with Crippen LogP contribution in [-0.2, 0) is 0 Å². The van der Waals surface area contributed by atoms with Crippen molar-refractivity contribution in [2.24, 2.45) is 0 Å². The normalized spacial score (nSPS) is 10.6. The van der Waals surface area contributed by atoms with Gasteiger partial charge in [0.15, 0.2) is 0 Å². The van der Waals surface area contributed by atoms with Crippen molar-refractivity contribution in [3.63, 3.8) is 0 Å². The number of rotatable bonds is 2. The molecule has 0 fully saturated rings. The van der Waals surface area contributed by atoms with Crippen molar-refractivity contribution in [3.8, 4) is 11.6 Å². The van der Waals surface area contributed by atoms with E-state index in [9.17, 15) is 0 Å². The zero-order valence-corrected chi connectivity index (χ0v) is 12.0. The van der Waals surface area contributed by atoms with E-state index in [4.69, 9.17) is 4.74 Å². The molecule has 0 saturated heterocycles. The van der Waals surface area contributed by atoms with Gasteiger partial charge in [0.25, 0.3) is 0 Å². The van der Waals surface area contributed by atoms with Gasteiger partial charge in [-0.15, -0.1) is 0 Å². The van der Waals surface area contributed by atoms with E-state index in [-0.39, 0.29) is 0 Å². The summed E-state index contributed by atoms with van der Waals surface area (Å²) in [6.07, 6.45) is 0. The van der Waals surface area contributed by atoms with E-state index >= 15 is 0 Å². The SMILES string of the molecule is Cc1cc(Oc2ccc3ccccc3n2)ccc1Br. The van der Waals surface area contributed by atoms with Gasteiger partial charge in [-0.2, -0.15) is 0 Å². The van der Waals surface area contributed by atoms with Gasteiger partial charge in [0.2, 0.25) is 5.88 Å². The highest BCUT2D eigenvalue weighted by atomic mass is 79.9. The van der Waals surface area contributed by atoms with E-state index in [1.54, 1.807) is 0 Å². The number of para-hydroxylation sites is 1. The Morgan fingerprint density at radius 1 is 1.00 bits per heavy atom. The van der Waals surface area contributed by atoms with Gasteiger partial charge < -0.3 is 4.74 Å². The zero-order valence-electron chi connectivity index (χ0n) is 10.4. The van der Waals surface area contributed by atoms with Gasteiger partial charge in [-0.1, -0.05) is 34.1 Å². The fraction of sp³-hybridized carbons (Fsp3) is 0.0625. The molecule has 0 saturated carbocycles. The maximum Gasteiger partial charge on any atom is 0.219 e. The first-order chi connectivity index (χ1) is 9.22. The average molecular weight is 314 g/mol. The van der Waals surface area contributed by atoms with Crippen LogP contribution in [0.1, 0.15) is 5.56 Å². The first-order valence-electron chi connectivity index (χ1n) is 6.02. The lowest BCUT2D eigenvalue weighted by atomic mass is 10.2. The fourth-order valence-electron chi connectivity index (χ4n) is 1.91. The minimum Gasteiger partial charge on any atom is -0.439 e. The van der Waals surface area contributed by atoms with Crippen LogP contribution < -0.4 is 4.74 Å². The smallest absolute Gasteiger partial charge is 0.219 e. The van der Waals surface area contributed by atoms with E-state index in [1.807, 2.05) is 61.5 Å². The first kappa shape index (κ1) is 12.2. The number of hydrogen-bond donors (Lipinski definition) is 0. The van der Waals surface area contributed by atoms with Crippen LogP contribution in [-0.4, -0.2) is 4.98 Å². The molecular formula is C16H12BrNO. The summed E-state index contributed by atoms with van der Waals surface area (Å²) < 4.78 is 6.87. The average Bonchev–Trinajstić information content (AvgIpc) is 2.43. The van der Waals surface area contributed by atoms with Crippen molar-refractivity contribution >= 4 is 26.8 Å². The second-order valence-corrected chi connectivity index (χ2v) is 5.21. The molecule has 3 heteroatoms. The molecule has 0 unspecified atom stereocenters. The van der Waals surface area contributed by atoms with Crippen LogP contribution in [0.3, 0.4) is 0 Å². The molecule has 3 rings (SSSR count). The zero-order chi connectivity index (χ0) is 13.2. The molecule has 3 aromatic rings. The second kappa shape index (κ2) is 5.02. The topological polar surface area (TPSA) is 22.1 Å². The molecule has 0 aliphatic heterocycles. The quantitative estimate of drug-likeness (QED) is 0.656. The molecule has 19 heavy (non-hydrogen) atoms. The van der Waals surface area contributed by atoms with Gasteiger partial charge >= 0.3 is 0 Å². The molecule has 0 radical (unpaired) electrons. The van der Waals surface area contributed by atoms with Gasteiger partial charge in [-0.25, -0.2) is 4.98 Å². The van der Waals surface area contributed by atoms with Crippen LogP contribution in [0.5, 0.6) is 11.6 Å². The maximum absolute atomic E-state index is 5.79. The van der Waals surface area contributed by atoms with Crippen molar-refractivity contribution in [1.29, 1.82) is 0 Å². The third kappa shape index (κ3) is 2.61. The Labute approximate surface area is 120 Å². The number of ether oxygens (including phenoxy) is 1. The van der Waals surface area contributed by atoms with Crippen LogP contribution in [0.15, 0.2) is 59.1 Å². The number of nitrogens with zero attached hydrogens (tertiary/aromatic N) is 1. The summed E-state index contributed by atoms with van der Waals surface area (Å²) in [7, 11) is 0. The largest absolute Gasteiger partial charge is 0.439 e. The van der Waals surface area contributed by atoms with Gasteiger partial charge in [-0.3, -0.25) is 0 Å². The Balaban J connectivity index is 1.94. The molecule has 94 valence electrons. The number of benzene rings is 2. The van der Waals surface area contributed by atoms with Crippen LogP contribution >= 0.6 is 15.9 Å². The summed E-state index contributed by atoms with van der Waals surface area (Å²) in [4.78, 5) is 4.49. The monoisotopic (exact) mass is 313 g/mol. The molecule has 2 nitrogen and oxygen atoms in total. The Morgan fingerprint density at radius 2 is 1.84 bits per heavy atom. The second-order valence-electron chi connectivity index (χ2n) is 4.36. The molecule has 0 N–H and O–H groups in total. The summed E-state index contributed by atoms with van der Waals surface area (Å²) in [6.45, 7) is 2.03. The number of halogens is 1. The molecule has 1 aromatic heterocycles. The van der Waals surface area contributed by atoms with Crippen LogP contribution in [0.4, 0.5) is 0 Å². The summed E-state index contributed by atoms with van der Waals surface area (Å²) in [6, 6.07) is 17.8. The molecule has 0 atom stereocenters. The standard InChI is InChI=1S/C16H12BrNO/c1-11-10-13(7-8-14(11)17)19-16-9-6-12-4-2-3-5-15(12)18-16/h2-10H,1H3. The molecule has 0 amide bonds. The molecule has 0 spiro atoms. The lowest BCUT2D eigenvalue weighted by Gasteiger charge is -2.07. The van der Waals surface area contributed by atoms with E-state index in [0.29, 0.717) is 5.88 Å². The van der Waals surface area contributed by atoms with Gasteiger partial charge in [-0.05, 0) is 42.8 Å². The van der Waals surface area contributed by atoms with E-state index < -0.39 is 0 Å². The van der Waals surface area contributed by atoms with E-state index in [0.717, 1.165) is 26.7 Å². The maximum atomic E-state index is 5.79. The predicted octanol–water partition coefficient (Wildman–Crippen LogP) is 5.10. The summed E-state index contributed by atoms with van der Waals surface area (Å²) in [5.41, 5.74) is 2.08. The van der Waals surface area contributed by atoms with Crippen molar-refractivity contribution in [2.75, 3.05) is 0 Å². The third-order valence-electron chi connectivity index (χ3n) is 2.92. The Kier molecular flexibility index (Phi) is 3.22. The van der Waals surface area contributed by atoms with Crippen LogP contribution in [0.25, 0.3) is 10.9 Å². The number of pyridine rings is 1. The molecule has 0 bridgehead atoms. The number of hydrogen-bond acceptors (Lipinski definition) is 2. The first-order valence-corrected chi connectivity index (χ1v) is 6.81. The van der Waals surface area contributed by atoms with Crippen LogP contribution in [0, 0.1) is 6.92 Å². The van der Waals surface area contributed by atoms with E-state index in [2.05, 4.69) is 20.9 Å². The van der Waals surface area contributed by atoms with Crippen molar-refractivity contribution in [1.82, 2.24) is 4.98 Å². The molecule has 0 aliphatic carbocycles. The molecule has 1 heterocycles. The number of aromatic nitrogens is 1. The highest BCUT2D eigenvalue weighted by molar-refractivity contribution is 9.10. The minimum atomic E-state index is 0.612. The minimum absolute atomic E-state index is 0.612. The highest BCUT2D eigenvalue weighted by Gasteiger charge is 2.02. The predicted molar refractivity (Wildman–Crippen MR) is 80.7 cm³/mol. The molecular weight excluding hydrogens is 302 g/mol. The number of fused-ring (bicyclic) bond motifs is 1. The molecule has 0 aliphatic rings. The van der Waals surface area contributed by atoms with E-state index in [1.165, 1.54) is 0 Å². The lowest BCUT2D eigenvalue weighted by molar-refractivity contribution is 0.464. The highest BCUT2D eigenvalue weighted by Crippen LogP contribution is 2.26. The van der Waals surface area contributed by atoms with Gasteiger partial charge in [0.05, 0.1) is 5.52 Å². The van der Waals surface area contributed by atoms with Gasteiger partial charge in [0.1, 0.15) is 5.75 Å². The Hall–Kier alpha value is -1.87. The van der Waals surface area contributed by atoms with Crippen molar-refractivity contribution in [3.05, 3.63) is 64.6 Å². The van der Waals surface area contributed by atoms with Crippen molar-refractivity contribution < 1.29 is 4.74 Å². The lowest BCUT2D eigenvalue weighted by Crippen LogP contribution is -1.89. The number of aryl methyl sites for hydroxylation is 1. The summed E-state index contributed by atoms with van der Waals surface area (Å²) in [5.74, 6) is 1.41. The fourth-order valence-corrected chi connectivity index (χ4v) is 2.15. The van der Waals surface area contributed by atoms with Crippen molar-refractivity contribution in [2.45, 2.75) is 6.92 Å². The third-order valence-corrected chi connectivity index (χ3v) is 3.81. The Bertz CT molecular complexity index is 740. The summed E-state index contributed by atoms with van der Waals surface area (Å²) >= 11 is 3.48. The Morgan fingerprint density at radius 3 is 2.68 bits per heavy atom.